The molecule has 106 valence electrons. The molecule has 0 atom stereocenters. The number of aromatic carboxylic acids is 1. The van der Waals surface area contributed by atoms with Crippen LogP contribution in [-0.2, 0) is 11.3 Å². The minimum Gasteiger partial charge on any atom is -0.482 e. The quantitative estimate of drug-likeness (QED) is 0.928. The van der Waals surface area contributed by atoms with E-state index < -0.39 is 5.97 Å². The fourth-order valence-electron chi connectivity index (χ4n) is 2.18. The van der Waals surface area contributed by atoms with Gasteiger partial charge in [0.2, 0.25) is 0 Å². The van der Waals surface area contributed by atoms with Crippen molar-refractivity contribution in [1.82, 2.24) is 4.98 Å². The zero-order valence-corrected chi connectivity index (χ0v) is 11.0. The molecule has 0 saturated carbocycles. The molecule has 1 aromatic heterocycles. The normalized spacial score (nSPS) is 13.5. The molecule has 1 aliphatic rings. The molecule has 1 amide bonds. The summed E-state index contributed by atoms with van der Waals surface area (Å²) in [6.45, 7) is 0.177. The van der Waals surface area contributed by atoms with Crippen molar-refractivity contribution in [2.75, 3.05) is 11.5 Å². The third-order valence-electron chi connectivity index (χ3n) is 3.15. The molecule has 1 N–H and O–H groups in total. The molecule has 2 aromatic rings. The van der Waals surface area contributed by atoms with Crippen LogP contribution < -0.4 is 9.64 Å². The lowest BCUT2D eigenvalue weighted by molar-refractivity contribution is -0.121. The number of carboxylic acid groups (broad SMARTS) is 1. The number of aromatic nitrogens is 1. The van der Waals surface area contributed by atoms with Crippen molar-refractivity contribution in [2.45, 2.75) is 6.54 Å². The number of hydrogen-bond acceptors (Lipinski definition) is 4. The van der Waals surface area contributed by atoms with Crippen LogP contribution in [0.25, 0.3) is 0 Å². The maximum Gasteiger partial charge on any atom is 0.354 e. The lowest BCUT2D eigenvalue weighted by Gasteiger charge is -2.29. The third-order valence-corrected chi connectivity index (χ3v) is 3.15. The molecule has 0 radical (unpaired) electrons. The van der Waals surface area contributed by atoms with Crippen LogP contribution in [0.3, 0.4) is 0 Å². The number of carboxylic acids is 1. The highest BCUT2D eigenvalue weighted by molar-refractivity contribution is 5.97. The van der Waals surface area contributed by atoms with Gasteiger partial charge < -0.3 is 9.84 Å². The first-order valence-electron chi connectivity index (χ1n) is 6.36. The minimum atomic E-state index is -1.09. The number of anilines is 1. The maximum atomic E-state index is 12.0. The van der Waals surface area contributed by atoms with Crippen molar-refractivity contribution in [2.24, 2.45) is 0 Å². The molecule has 6 heteroatoms. The average Bonchev–Trinajstić information content (AvgIpc) is 2.50. The molecule has 6 nitrogen and oxygen atoms in total. The highest BCUT2D eigenvalue weighted by Gasteiger charge is 2.25. The summed E-state index contributed by atoms with van der Waals surface area (Å²) in [5.41, 5.74) is 1.14. The van der Waals surface area contributed by atoms with Gasteiger partial charge in [-0.05, 0) is 24.3 Å². The number of nitrogens with zero attached hydrogens (tertiary/aromatic N) is 2. The smallest absolute Gasteiger partial charge is 0.354 e. The van der Waals surface area contributed by atoms with Crippen LogP contribution in [0.4, 0.5) is 5.69 Å². The van der Waals surface area contributed by atoms with Crippen LogP contribution in [0, 0.1) is 0 Å². The van der Waals surface area contributed by atoms with Gasteiger partial charge in [0.15, 0.2) is 6.61 Å². The summed E-state index contributed by atoms with van der Waals surface area (Å²) >= 11 is 0. The molecule has 0 fully saturated rings. The zero-order chi connectivity index (χ0) is 14.8. The second kappa shape index (κ2) is 5.24. The number of amides is 1. The molecule has 0 aliphatic carbocycles. The average molecular weight is 284 g/mol. The number of fused-ring (bicyclic) bond motifs is 1. The van der Waals surface area contributed by atoms with Crippen molar-refractivity contribution in [1.29, 1.82) is 0 Å². The van der Waals surface area contributed by atoms with Gasteiger partial charge in [0.25, 0.3) is 5.91 Å². The van der Waals surface area contributed by atoms with E-state index in [1.165, 1.54) is 6.07 Å². The first kappa shape index (κ1) is 13.1. The predicted molar refractivity (Wildman–Crippen MR) is 74.3 cm³/mol. The van der Waals surface area contributed by atoms with E-state index in [-0.39, 0.29) is 24.8 Å². The maximum absolute atomic E-state index is 12.0. The lowest BCUT2D eigenvalue weighted by atomic mass is 10.2. The predicted octanol–water partition coefficient (Wildman–Crippen LogP) is 1.71. The van der Waals surface area contributed by atoms with Crippen molar-refractivity contribution in [3.05, 3.63) is 53.9 Å². The molecule has 1 aromatic carbocycles. The van der Waals surface area contributed by atoms with Crippen LogP contribution in [-0.4, -0.2) is 28.6 Å². The fourth-order valence-corrected chi connectivity index (χ4v) is 2.18. The molecular formula is C15H12N2O4. The molecule has 21 heavy (non-hydrogen) atoms. The van der Waals surface area contributed by atoms with E-state index in [0.29, 0.717) is 17.1 Å². The summed E-state index contributed by atoms with van der Waals surface area (Å²) in [4.78, 5) is 28.6. The molecule has 1 aliphatic heterocycles. The van der Waals surface area contributed by atoms with Gasteiger partial charge in [0.1, 0.15) is 11.4 Å². The van der Waals surface area contributed by atoms with Crippen molar-refractivity contribution >= 4 is 17.6 Å². The number of hydrogen-bond donors (Lipinski definition) is 1. The van der Waals surface area contributed by atoms with Crippen LogP contribution in [0.2, 0.25) is 0 Å². The monoisotopic (exact) mass is 284 g/mol. The number of ether oxygens (including phenoxy) is 1. The van der Waals surface area contributed by atoms with E-state index in [1.807, 2.05) is 12.1 Å². The third kappa shape index (κ3) is 2.55. The van der Waals surface area contributed by atoms with Gasteiger partial charge in [-0.3, -0.25) is 9.69 Å². The van der Waals surface area contributed by atoms with E-state index in [9.17, 15) is 9.59 Å². The molecular weight excluding hydrogens is 272 g/mol. The van der Waals surface area contributed by atoms with Crippen molar-refractivity contribution in [3.63, 3.8) is 0 Å². The van der Waals surface area contributed by atoms with Crippen molar-refractivity contribution in [3.8, 4) is 5.75 Å². The van der Waals surface area contributed by atoms with Crippen LogP contribution in [0.15, 0.2) is 42.5 Å². The molecule has 3 rings (SSSR count). The highest BCUT2D eigenvalue weighted by Crippen LogP contribution is 2.32. The summed E-state index contributed by atoms with van der Waals surface area (Å²) in [7, 11) is 0. The first-order chi connectivity index (χ1) is 10.1. The Bertz CT molecular complexity index is 714. The Labute approximate surface area is 120 Å². The summed E-state index contributed by atoms with van der Waals surface area (Å²) in [6, 6.07) is 11.9. The molecule has 0 spiro atoms. The molecule has 0 bridgehead atoms. The Kier molecular flexibility index (Phi) is 3.27. The number of carbonyl (C=O) groups excluding carboxylic acids is 1. The van der Waals surface area contributed by atoms with Gasteiger partial charge in [-0.1, -0.05) is 18.2 Å². The lowest BCUT2D eigenvalue weighted by Crippen LogP contribution is -2.38. The van der Waals surface area contributed by atoms with Gasteiger partial charge in [-0.25, -0.2) is 9.78 Å². The first-order valence-corrected chi connectivity index (χ1v) is 6.36. The number of pyridine rings is 1. The largest absolute Gasteiger partial charge is 0.482 e. The molecule has 0 saturated heterocycles. The Morgan fingerprint density at radius 3 is 2.86 bits per heavy atom. The van der Waals surface area contributed by atoms with E-state index in [2.05, 4.69) is 4.98 Å². The van der Waals surface area contributed by atoms with Crippen LogP contribution in [0.1, 0.15) is 16.2 Å². The standard InChI is InChI=1S/C15H12N2O4/c18-14-9-21-13-7-2-1-6-12(13)17(14)8-10-4-3-5-11(16-10)15(19)20/h1-7H,8-9H2,(H,19,20). The van der Waals surface area contributed by atoms with Gasteiger partial charge in [-0.2, -0.15) is 0 Å². The van der Waals surface area contributed by atoms with Gasteiger partial charge in [-0.15, -0.1) is 0 Å². The molecule has 2 heterocycles. The summed E-state index contributed by atoms with van der Waals surface area (Å²) in [5.74, 6) is -0.645. The Hall–Kier alpha value is -2.89. The fraction of sp³-hybridized carbons (Fsp3) is 0.133. The summed E-state index contributed by atoms with van der Waals surface area (Å²) in [5, 5.41) is 8.96. The van der Waals surface area contributed by atoms with E-state index in [4.69, 9.17) is 9.84 Å². The van der Waals surface area contributed by atoms with E-state index in [0.717, 1.165) is 0 Å². The molecule has 0 unspecified atom stereocenters. The Morgan fingerprint density at radius 2 is 2.05 bits per heavy atom. The Balaban J connectivity index is 1.92. The SMILES string of the molecule is O=C(O)c1cccc(CN2C(=O)COc3ccccc32)n1. The van der Waals surface area contributed by atoms with Crippen LogP contribution in [0.5, 0.6) is 5.75 Å². The zero-order valence-electron chi connectivity index (χ0n) is 11.0. The number of benzene rings is 1. The summed E-state index contributed by atoms with van der Waals surface area (Å²) < 4.78 is 5.36. The van der Waals surface area contributed by atoms with Crippen molar-refractivity contribution < 1.29 is 19.4 Å². The Morgan fingerprint density at radius 1 is 1.24 bits per heavy atom. The van der Waals surface area contributed by atoms with Gasteiger partial charge >= 0.3 is 5.97 Å². The second-order valence-electron chi connectivity index (χ2n) is 4.56. The van der Waals surface area contributed by atoms with Gasteiger partial charge in [0.05, 0.1) is 17.9 Å². The number of carbonyl (C=O) groups is 2. The number of rotatable bonds is 3. The minimum absolute atomic E-state index is 0.0321. The second-order valence-corrected chi connectivity index (χ2v) is 4.56. The van der Waals surface area contributed by atoms with E-state index >= 15 is 0 Å². The van der Waals surface area contributed by atoms with Crippen LogP contribution >= 0.6 is 0 Å². The highest BCUT2D eigenvalue weighted by atomic mass is 16.5. The summed E-state index contributed by atoms with van der Waals surface area (Å²) in [6.07, 6.45) is 0. The van der Waals surface area contributed by atoms with E-state index in [1.54, 1.807) is 29.2 Å². The topological polar surface area (TPSA) is 79.7 Å². The van der Waals surface area contributed by atoms with Gasteiger partial charge in [0, 0.05) is 0 Å². The number of para-hydroxylation sites is 2.